The van der Waals surface area contributed by atoms with Crippen LogP contribution >= 0.6 is 0 Å². The van der Waals surface area contributed by atoms with Crippen LogP contribution in [0.15, 0.2) is 67.2 Å². The minimum atomic E-state index is -0.950. The molecule has 1 amide bonds. The Labute approximate surface area is 237 Å². The van der Waals surface area contributed by atoms with Crippen molar-refractivity contribution in [3.8, 4) is 18.0 Å². The average molecular weight is 555 g/mol. The third kappa shape index (κ3) is 6.17. The first-order valence-corrected chi connectivity index (χ1v) is 13.4. The lowest BCUT2D eigenvalue weighted by molar-refractivity contribution is -0.138. The highest BCUT2D eigenvalue weighted by molar-refractivity contribution is 5.79. The molecule has 8 nitrogen and oxygen atoms in total. The van der Waals surface area contributed by atoms with Crippen LogP contribution < -0.4 is 9.64 Å². The number of piperidine rings is 2. The molecule has 2 fully saturated rings. The highest BCUT2D eigenvalue weighted by atomic mass is 19.2. The fourth-order valence-electron chi connectivity index (χ4n) is 5.59. The van der Waals surface area contributed by atoms with Crippen molar-refractivity contribution in [1.82, 2.24) is 14.9 Å². The summed E-state index contributed by atoms with van der Waals surface area (Å²) in [7, 11) is 0. The van der Waals surface area contributed by atoms with Gasteiger partial charge in [0.05, 0.1) is 11.1 Å². The summed E-state index contributed by atoms with van der Waals surface area (Å²) in [6, 6.07) is 14.6. The van der Waals surface area contributed by atoms with Gasteiger partial charge in [0.1, 0.15) is 23.7 Å². The summed E-state index contributed by atoms with van der Waals surface area (Å²) >= 11 is 0. The molecule has 0 aliphatic carbocycles. The number of carbonyl (C=O) groups excluding carboxylic acids is 1. The van der Waals surface area contributed by atoms with Gasteiger partial charge in [0, 0.05) is 62.4 Å². The number of likely N-dealkylation sites (tertiary alicyclic amines) is 1. The monoisotopic (exact) mass is 554 g/mol. The van der Waals surface area contributed by atoms with Gasteiger partial charge in [-0.15, -0.1) is 0 Å². The minimum absolute atomic E-state index is 0.0451. The van der Waals surface area contributed by atoms with Gasteiger partial charge >= 0.3 is 0 Å². The SMILES string of the molecule is C=C(Oc1ccc(C#N)cn1)[C@H]1CCN(C(=O)C2CCN(c3ccc(C#N)cn3)CC2)C[C@@H]1c1ccc(F)c(F)c1. The summed E-state index contributed by atoms with van der Waals surface area (Å²) in [4.78, 5) is 26.1. The molecular weight excluding hydrogens is 526 g/mol. The zero-order valence-corrected chi connectivity index (χ0v) is 22.3. The van der Waals surface area contributed by atoms with Crippen LogP contribution in [-0.2, 0) is 4.79 Å². The van der Waals surface area contributed by atoms with Crippen LogP contribution in [0.1, 0.15) is 41.9 Å². The van der Waals surface area contributed by atoms with Crippen LogP contribution in [0.2, 0.25) is 0 Å². The number of benzene rings is 1. The number of aromatic nitrogens is 2. The van der Waals surface area contributed by atoms with Gasteiger partial charge in [-0.05, 0) is 55.2 Å². The topological polar surface area (TPSA) is 106 Å². The van der Waals surface area contributed by atoms with Crippen molar-refractivity contribution in [2.24, 2.45) is 11.8 Å². The number of hydrogen-bond acceptors (Lipinski definition) is 7. The number of ether oxygens (including phenoxy) is 1. The second-order valence-corrected chi connectivity index (χ2v) is 10.3. The molecule has 2 atom stereocenters. The molecule has 2 aromatic heterocycles. The Bertz CT molecular complexity index is 1510. The standard InChI is InChI=1S/C31H28F2N6O2/c1-20(41-30-7-3-22(16-35)18-37-30)25-10-13-39(19-26(25)24-4-5-27(32)28(33)14-24)31(40)23-8-11-38(12-9-23)29-6-2-21(15-34)17-36-29/h2-7,14,17-18,23,25-26H,1,8-13,19H2/t25-,26-/m1/s1. The predicted molar refractivity (Wildman–Crippen MR) is 146 cm³/mol. The number of hydrogen-bond donors (Lipinski definition) is 0. The quantitative estimate of drug-likeness (QED) is 0.398. The number of nitrogens with zero attached hydrogens (tertiary/aromatic N) is 6. The average Bonchev–Trinajstić information content (AvgIpc) is 3.02. The second kappa shape index (κ2) is 12.1. The summed E-state index contributed by atoms with van der Waals surface area (Å²) in [5, 5.41) is 18.0. The lowest BCUT2D eigenvalue weighted by Gasteiger charge is -2.41. The van der Waals surface area contributed by atoms with Gasteiger partial charge < -0.3 is 14.5 Å². The summed E-state index contributed by atoms with van der Waals surface area (Å²) in [6.45, 7) is 6.24. The number of allylic oxidation sites excluding steroid dienone is 1. The lowest BCUT2D eigenvalue weighted by Crippen LogP contribution is -2.48. The first-order valence-electron chi connectivity index (χ1n) is 13.4. The van der Waals surface area contributed by atoms with Crippen LogP contribution in [0.4, 0.5) is 14.6 Å². The van der Waals surface area contributed by atoms with Crippen molar-refractivity contribution in [3.05, 3.63) is 95.5 Å². The fourth-order valence-corrected chi connectivity index (χ4v) is 5.59. The van der Waals surface area contributed by atoms with Crippen LogP contribution in [-0.4, -0.2) is 47.0 Å². The zero-order valence-electron chi connectivity index (χ0n) is 22.3. The third-order valence-electron chi connectivity index (χ3n) is 7.86. The van der Waals surface area contributed by atoms with E-state index in [0.717, 1.165) is 11.9 Å². The Morgan fingerprint density at radius 3 is 2.24 bits per heavy atom. The van der Waals surface area contributed by atoms with Crippen molar-refractivity contribution < 1.29 is 18.3 Å². The molecule has 41 heavy (non-hydrogen) atoms. The lowest BCUT2D eigenvalue weighted by atomic mass is 9.79. The zero-order chi connectivity index (χ0) is 28.9. The van der Waals surface area contributed by atoms with E-state index in [2.05, 4.69) is 27.5 Å². The van der Waals surface area contributed by atoms with Gasteiger partial charge in [0.15, 0.2) is 11.6 Å². The molecule has 0 bridgehead atoms. The maximum atomic E-state index is 14.3. The van der Waals surface area contributed by atoms with Gasteiger partial charge in [-0.3, -0.25) is 4.79 Å². The molecule has 0 radical (unpaired) electrons. The number of halogens is 2. The van der Waals surface area contributed by atoms with E-state index in [-0.39, 0.29) is 29.5 Å². The Morgan fingerprint density at radius 2 is 1.63 bits per heavy atom. The summed E-state index contributed by atoms with van der Waals surface area (Å²) in [5.41, 5.74) is 1.46. The molecule has 0 unspecified atom stereocenters. The van der Waals surface area contributed by atoms with E-state index in [4.69, 9.17) is 15.3 Å². The molecule has 0 spiro atoms. The van der Waals surface area contributed by atoms with Crippen LogP contribution in [0, 0.1) is 46.1 Å². The summed E-state index contributed by atoms with van der Waals surface area (Å²) < 4.78 is 34.0. The molecule has 2 aliphatic heterocycles. The van der Waals surface area contributed by atoms with Gasteiger partial charge in [-0.2, -0.15) is 10.5 Å². The largest absolute Gasteiger partial charge is 0.444 e. The Balaban J connectivity index is 1.28. The number of pyridine rings is 2. The van der Waals surface area contributed by atoms with E-state index < -0.39 is 11.6 Å². The molecule has 3 aromatic rings. The smallest absolute Gasteiger partial charge is 0.225 e. The number of nitriles is 2. The van der Waals surface area contributed by atoms with Gasteiger partial charge in [0.25, 0.3) is 0 Å². The molecule has 0 N–H and O–H groups in total. The van der Waals surface area contributed by atoms with Gasteiger partial charge in [-0.25, -0.2) is 18.7 Å². The van der Waals surface area contributed by atoms with Crippen molar-refractivity contribution >= 4 is 11.7 Å². The van der Waals surface area contributed by atoms with Crippen LogP contribution in [0.25, 0.3) is 0 Å². The van der Waals surface area contributed by atoms with Crippen molar-refractivity contribution in [1.29, 1.82) is 10.5 Å². The van der Waals surface area contributed by atoms with E-state index in [1.54, 1.807) is 30.5 Å². The van der Waals surface area contributed by atoms with E-state index in [0.29, 0.717) is 67.9 Å². The molecule has 5 rings (SSSR count). The molecule has 208 valence electrons. The third-order valence-corrected chi connectivity index (χ3v) is 7.86. The molecule has 2 aliphatic rings. The van der Waals surface area contributed by atoms with Gasteiger partial charge in [0.2, 0.25) is 11.8 Å². The molecule has 0 saturated carbocycles. The normalized spacial score (nSPS) is 19.2. The number of amides is 1. The Hall–Kier alpha value is -4.83. The number of rotatable bonds is 6. The molecule has 10 heteroatoms. The van der Waals surface area contributed by atoms with Crippen molar-refractivity contribution in [2.75, 3.05) is 31.1 Å². The number of carbonyl (C=O) groups is 1. The van der Waals surface area contributed by atoms with E-state index in [1.165, 1.54) is 12.3 Å². The molecule has 2 saturated heterocycles. The number of anilines is 1. The Kier molecular flexibility index (Phi) is 8.21. The van der Waals surface area contributed by atoms with Crippen molar-refractivity contribution in [2.45, 2.75) is 25.2 Å². The maximum absolute atomic E-state index is 14.3. The van der Waals surface area contributed by atoms with Gasteiger partial charge in [-0.1, -0.05) is 12.6 Å². The fraction of sp³-hybridized carbons (Fsp3) is 0.323. The van der Waals surface area contributed by atoms with E-state index >= 15 is 0 Å². The highest BCUT2D eigenvalue weighted by Gasteiger charge is 2.38. The minimum Gasteiger partial charge on any atom is -0.444 e. The summed E-state index contributed by atoms with van der Waals surface area (Å²) in [6.07, 6.45) is 4.80. The van der Waals surface area contributed by atoms with Crippen molar-refractivity contribution in [3.63, 3.8) is 0 Å². The summed E-state index contributed by atoms with van der Waals surface area (Å²) in [5.74, 6) is -1.17. The van der Waals surface area contributed by atoms with E-state index in [1.807, 2.05) is 17.0 Å². The Morgan fingerprint density at radius 1 is 0.927 bits per heavy atom. The second-order valence-electron chi connectivity index (χ2n) is 10.3. The molecular formula is C31H28F2N6O2. The van der Waals surface area contributed by atoms with E-state index in [9.17, 15) is 13.6 Å². The maximum Gasteiger partial charge on any atom is 0.225 e. The van der Waals surface area contributed by atoms with Crippen LogP contribution in [0.3, 0.4) is 0 Å². The van der Waals surface area contributed by atoms with Crippen LogP contribution in [0.5, 0.6) is 5.88 Å². The molecule has 1 aromatic carbocycles. The molecule has 4 heterocycles. The predicted octanol–water partition coefficient (Wildman–Crippen LogP) is 4.94. The first-order chi connectivity index (χ1) is 19.9. The first kappa shape index (κ1) is 27.7. The highest BCUT2D eigenvalue weighted by Crippen LogP contribution is 2.39.